The van der Waals surface area contributed by atoms with E-state index in [9.17, 15) is 9.18 Å². The third-order valence-electron chi connectivity index (χ3n) is 1.81. The number of halogens is 1. The van der Waals surface area contributed by atoms with Gasteiger partial charge in [0.05, 0.1) is 12.7 Å². The Bertz CT molecular complexity index is 494. The molecule has 0 amide bonds. The van der Waals surface area contributed by atoms with Crippen LogP contribution in [0.5, 0.6) is 0 Å². The number of hydrogen-bond donors (Lipinski definition) is 1. The minimum Gasteiger partial charge on any atom is -0.465 e. The molecule has 0 saturated carbocycles. The van der Waals surface area contributed by atoms with Crippen LogP contribution in [0, 0.1) is 5.82 Å². The Balaban J connectivity index is 2.64. The lowest BCUT2D eigenvalue weighted by atomic mass is 10.2. The van der Waals surface area contributed by atoms with Gasteiger partial charge in [-0.2, -0.15) is 15.4 Å². The van der Waals surface area contributed by atoms with Gasteiger partial charge in [0.1, 0.15) is 16.9 Å². The Hall–Kier alpha value is -1.98. The minimum atomic E-state index is -0.729. The molecule has 0 bridgehead atoms. The van der Waals surface area contributed by atoms with Crippen LogP contribution in [-0.2, 0) is 4.74 Å². The Labute approximate surface area is 77.9 Å². The SMILES string of the molecule is COC(=O)c1cc2n[nH]nc2cc1F. The van der Waals surface area contributed by atoms with Crippen molar-refractivity contribution < 1.29 is 13.9 Å². The van der Waals surface area contributed by atoms with Crippen molar-refractivity contribution in [3.05, 3.63) is 23.5 Å². The van der Waals surface area contributed by atoms with E-state index in [0.29, 0.717) is 11.0 Å². The van der Waals surface area contributed by atoms with Crippen LogP contribution < -0.4 is 0 Å². The number of benzene rings is 1. The summed E-state index contributed by atoms with van der Waals surface area (Å²) in [4.78, 5) is 11.1. The number of carbonyl (C=O) groups excluding carboxylic acids is 1. The minimum absolute atomic E-state index is 0.145. The van der Waals surface area contributed by atoms with E-state index in [0.717, 1.165) is 6.07 Å². The molecule has 1 aromatic heterocycles. The van der Waals surface area contributed by atoms with Crippen molar-refractivity contribution in [3.8, 4) is 0 Å². The molecule has 0 unspecified atom stereocenters. The number of hydrogen-bond acceptors (Lipinski definition) is 4. The van der Waals surface area contributed by atoms with Crippen molar-refractivity contribution in [1.82, 2.24) is 15.4 Å². The molecule has 2 aromatic rings. The first-order chi connectivity index (χ1) is 6.72. The average Bonchev–Trinajstić information content (AvgIpc) is 2.62. The number of nitrogens with one attached hydrogen (secondary N) is 1. The van der Waals surface area contributed by atoms with Crippen LogP contribution in [0.25, 0.3) is 11.0 Å². The van der Waals surface area contributed by atoms with E-state index in [1.807, 2.05) is 0 Å². The van der Waals surface area contributed by atoms with Crippen LogP contribution in [-0.4, -0.2) is 28.5 Å². The molecule has 5 nitrogen and oxygen atoms in total. The van der Waals surface area contributed by atoms with E-state index in [-0.39, 0.29) is 5.56 Å². The maximum Gasteiger partial charge on any atom is 0.340 e. The molecule has 0 atom stereocenters. The lowest BCUT2D eigenvalue weighted by molar-refractivity contribution is 0.0595. The number of carbonyl (C=O) groups is 1. The number of H-pyrrole nitrogens is 1. The molecule has 14 heavy (non-hydrogen) atoms. The molecule has 1 aromatic carbocycles. The zero-order chi connectivity index (χ0) is 10.1. The summed E-state index contributed by atoms with van der Waals surface area (Å²) in [5.41, 5.74) is 0.649. The first kappa shape index (κ1) is 8.61. The van der Waals surface area contributed by atoms with Gasteiger partial charge in [0.15, 0.2) is 0 Å². The van der Waals surface area contributed by atoms with Crippen LogP contribution in [0.15, 0.2) is 12.1 Å². The highest BCUT2D eigenvalue weighted by Crippen LogP contribution is 2.15. The molecule has 0 radical (unpaired) electrons. The van der Waals surface area contributed by atoms with Crippen molar-refractivity contribution >= 4 is 17.0 Å². The normalized spacial score (nSPS) is 10.4. The van der Waals surface area contributed by atoms with E-state index >= 15 is 0 Å². The maximum atomic E-state index is 13.3. The molecule has 2 rings (SSSR count). The van der Waals surface area contributed by atoms with Crippen molar-refractivity contribution in [2.75, 3.05) is 7.11 Å². The number of rotatable bonds is 1. The Morgan fingerprint density at radius 2 is 2.07 bits per heavy atom. The largest absolute Gasteiger partial charge is 0.465 e. The molecule has 6 heteroatoms. The van der Waals surface area contributed by atoms with Crippen LogP contribution >= 0.6 is 0 Å². The quantitative estimate of drug-likeness (QED) is 0.686. The third kappa shape index (κ3) is 1.20. The topological polar surface area (TPSA) is 67.9 Å². The summed E-state index contributed by atoms with van der Waals surface area (Å²) in [5.74, 6) is -1.40. The molecule has 0 aliphatic carbocycles. The van der Waals surface area contributed by atoms with Gasteiger partial charge in [-0.3, -0.25) is 0 Å². The van der Waals surface area contributed by atoms with Crippen molar-refractivity contribution in [1.29, 1.82) is 0 Å². The Morgan fingerprint density at radius 1 is 1.43 bits per heavy atom. The van der Waals surface area contributed by atoms with E-state index in [4.69, 9.17) is 0 Å². The number of aromatic amines is 1. The number of nitrogens with zero attached hydrogens (tertiary/aromatic N) is 2. The molecule has 1 N–H and O–H groups in total. The summed E-state index contributed by atoms with van der Waals surface area (Å²) < 4.78 is 17.7. The van der Waals surface area contributed by atoms with E-state index in [1.165, 1.54) is 13.2 Å². The molecule has 0 aliphatic rings. The fourth-order valence-corrected chi connectivity index (χ4v) is 1.13. The molecular weight excluding hydrogens is 189 g/mol. The van der Waals surface area contributed by atoms with Gasteiger partial charge in [-0.1, -0.05) is 0 Å². The number of fused-ring (bicyclic) bond motifs is 1. The number of esters is 1. The van der Waals surface area contributed by atoms with E-state index in [2.05, 4.69) is 20.1 Å². The fourth-order valence-electron chi connectivity index (χ4n) is 1.13. The molecule has 1 heterocycles. The van der Waals surface area contributed by atoms with Gasteiger partial charge in [0.2, 0.25) is 0 Å². The number of aromatic nitrogens is 3. The summed E-state index contributed by atoms with van der Waals surface area (Å²) in [6.07, 6.45) is 0. The van der Waals surface area contributed by atoms with Gasteiger partial charge in [-0.05, 0) is 6.07 Å². The number of methoxy groups -OCH3 is 1. The summed E-state index contributed by atoms with van der Waals surface area (Å²) >= 11 is 0. The highest BCUT2D eigenvalue weighted by molar-refractivity contribution is 5.93. The monoisotopic (exact) mass is 195 g/mol. The van der Waals surface area contributed by atoms with Crippen LogP contribution in [0.2, 0.25) is 0 Å². The molecule has 0 spiro atoms. The second-order valence-electron chi connectivity index (χ2n) is 2.64. The Morgan fingerprint density at radius 3 is 2.71 bits per heavy atom. The van der Waals surface area contributed by atoms with E-state index < -0.39 is 11.8 Å². The molecule has 0 saturated heterocycles. The fraction of sp³-hybridized carbons (Fsp3) is 0.125. The summed E-state index contributed by atoms with van der Waals surface area (Å²) in [6, 6.07) is 2.42. The van der Waals surface area contributed by atoms with Crippen molar-refractivity contribution in [3.63, 3.8) is 0 Å². The Kier molecular flexibility index (Phi) is 1.88. The van der Waals surface area contributed by atoms with Gasteiger partial charge in [-0.15, -0.1) is 0 Å². The first-order valence-corrected chi connectivity index (χ1v) is 3.80. The predicted octanol–water partition coefficient (Wildman–Crippen LogP) is 0.884. The van der Waals surface area contributed by atoms with Crippen LogP contribution in [0.1, 0.15) is 10.4 Å². The average molecular weight is 195 g/mol. The standard InChI is InChI=1S/C8H6FN3O2/c1-14-8(13)4-2-6-7(3-5(4)9)11-12-10-6/h2-3H,1H3,(H,10,11,12). The van der Waals surface area contributed by atoms with Gasteiger partial charge in [0.25, 0.3) is 0 Å². The smallest absolute Gasteiger partial charge is 0.340 e. The highest BCUT2D eigenvalue weighted by Gasteiger charge is 2.14. The van der Waals surface area contributed by atoms with Gasteiger partial charge in [0, 0.05) is 6.07 Å². The first-order valence-electron chi connectivity index (χ1n) is 3.80. The molecule has 0 aliphatic heterocycles. The lowest BCUT2D eigenvalue weighted by Crippen LogP contribution is -2.04. The zero-order valence-electron chi connectivity index (χ0n) is 7.24. The van der Waals surface area contributed by atoms with Gasteiger partial charge in [-0.25, -0.2) is 9.18 Å². The third-order valence-corrected chi connectivity index (χ3v) is 1.81. The van der Waals surface area contributed by atoms with Gasteiger partial charge >= 0.3 is 5.97 Å². The van der Waals surface area contributed by atoms with Crippen LogP contribution in [0.3, 0.4) is 0 Å². The van der Waals surface area contributed by atoms with Gasteiger partial charge < -0.3 is 4.74 Å². The zero-order valence-corrected chi connectivity index (χ0v) is 7.24. The van der Waals surface area contributed by atoms with E-state index in [1.54, 1.807) is 0 Å². The van der Waals surface area contributed by atoms with Crippen molar-refractivity contribution in [2.45, 2.75) is 0 Å². The summed E-state index contributed by atoms with van der Waals surface area (Å²) in [7, 11) is 1.19. The molecule has 0 fully saturated rings. The predicted molar refractivity (Wildman–Crippen MR) is 45.2 cm³/mol. The summed E-state index contributed by atoms with van der Waals surface area (Å²) in [6.45, 7) is 0. The van der Waals surface area contributed by atoms with Crippen molar-refractivity contribution in [2.24, 2.45) is 0 Å². The maximum absolute atomic E-state index is 13.3. The molecular formula is C8H6FN3O2. The second kappa shape index (κ2) is 3.06. The molecule has 72 valence electrons. The highest BCUT2D eigenvalue weighted by atomic mass is 19.1. The number of ether oxygens (including phenoxy) is 1. The second-order valence-corrected chi connectivity index (χ2v) is 2.64. The lowest BCUT2D eigenvalue weighted by Gasteiger charge is -1.99. The van der Waals surface area contributed by atoms with Crippen LogP contribution in [0.4, 0.5) is 4.39 Å². The summed E-state index contributed by atoms with van der Waals surface area (Å²) in [5, 5.41) is 9.73.